The number of likely N-dealkylation sites (N-methyl/N-ethyl adjacent to an activating group) is 1. The highest BCUT2D eigenvalue weighted by Crippen LogP contribution is 2.26. The van der Waals surface area contributed by atoms with Crippen LogP contribution in [0.1, 0.15) is 6.92 Å². The molecule has 0 atom stereocenters. The number of aliphatic hydroxyl groups excluding tert-OH is 1. The van der Waals surface area contributed by atoms with Crippen molar-refractivity contribution in [3.63, 3.8) is 0 Å². The van der Waals surface area contributed by atoms with Crippen molar-refractivity contribution in [3.05, 3.63) is 35.1 Å². The minimum atomic E-state index is -0.534. The molecule has 0 spiro atoms. The second kappa shape index (κ2) is 5.55. The Morgan fingerprint density at radius 2 is 2.25 bits per heavy atom. The first kappa shape index (κ1) is 12.6. The lowest BCUT2D eigenvalue weighted by molar-refractivity contribution is -0.117. The van der Waals surface area contributed by atoms with E-state index in [1.807, 2.05) is 6.92 Å². The minimum absolute atomic E-state index is 0.180. The molecule has 0 heterocycles. The SMILES string of the molecule is C=CCSC1=C(NCC)C(=O)C(O)=CC1=O. The fourth-order valence-electron chi connectivity index (χ4n) is 1.23. The molecule has 1 rings (SSSR count). The van der Waals surface area contributed by atoms with E-state index in [-0.39, 0.29) is 11.5 Å². The Bertz CT molecular complexity index is 396. The molecule has 0 unspecified atom stereocenters. The third kappa shape index (κ3) is 2.55. The average molecular weight is 239 g/mol. The van der Waals surface area contributed by atoms with Crippen LogP contribution in [0, 0.1) is 0 Å². The van der Waals surface area contributed by atoms with Crippen LogP contribution in [-0.4, -0.2) is 29.0 Å². The summed E-state index contributed by atoms with van der Waals surface area (Å²) in [4.78, 5) is 23.5. The van der Waals surface area contributed by atoms with E-state index in [2.05, 4.69) is 11.9 Å². The summed E-state index contributed by atoms with van der Waals surface area (Å²) < 4.78 is 0. The predicted octanol–water partition coefficient (Wildman–Crippen LogP) is 1.32. The van der Waals surface area contributed by atoms with Gasteiger partial charge in [-0.15, -0.1) is 18.3 Å². The first-order chi connectivity index (χ1) is 7.61. The van der Waals surface area contributed by atoms with E-state index >= 15 is 0 Å². The summed E-state index contributed by atoms with van der Waals surface area (Å²) >= 11 is 1.23. The molecule has 16 heavy (non-hydrogen) atoms. The zero-order valence-electron chi connectivity index (χ0n) is 8.95. The summed E-state index contributed by atoms with van der Waals surface area (Å²) in [5, 5.41) is 12.1. The molecule has 0 amide bonds. The largest absolute Gasteiger partial charge is 0.504 e. The first-order valence-corrected chi connectivity index (χ1v) is 5.81. The normalized spacial score (nSPS) is 16.2. The molecule has 0 aliphatic heterocycles. The standard InChI is InChI=1S/C11H13NO3S/c1-3-5-16-11-8(14)6-7(13)10(15)9(11)12-4-2/h3,6,12-13H,1,4-5H2,2H3. The number of aliphatic hydroxyl groups is 1. The van der Waals surface area contributed by atoms with Crippen LogP contribution in [0.4, 0.5) is 0 Å². The number of Topliss-reactive ketones (excluding diaryl/α,β-unsaturated/α-hetero) is 1. The molecule has 0 saturated carbocycles. The number of carbonyl (C=O) groups excluding carboxylic acids is 2. The molecular formula is C11H13NO3S. The maximum Gasteiger partial charge on any atom is 0.244 e. The molecule has 0 bridgehead atoms. The Morgan fingerprint density at radius 3 is 2.81 bits per heavy atom. The molecule has 0 aromatic carbocycles. The molecule has 0 radical (unpaired) electrons. The average Bonchev–Trinajstić information content (AvgIpc) is 2.25. The van der Waals surface area contributed by atoms with Crippen molar-refractivity contribution in [1.82, 2.24) is 5.32 Å². The van der Waals surface area contributed by atoms with Crippen molar-refractivity contribution in [2.75, 3.05) is 12.3 Å². The van der Waals surface area contributed by atoms with Crippen LogP contribution in [0.3, 0.4) is 0 Å². The van der Waals surface area contributed by atoms with Gasteiger partial charge >= 0.3 is 0 Å². The highest BCUT2D eigenvalue weighted by molar-refractivity contribution is 8.04. The summed E-state index contributed by atoms with van der Waals surface area (Å²) in [6, 6.07) is 0. The first-order valence-electron chi connectivity index (χ1n) is 4.83. The van der Waals surface area contributed by atoms with Gasteiger partial charge in [-0.2, -0.15) is 0 Å². The molecule has 0 saturated heterocycles. The molecule has 0 fully saturated rings. The number of thioether (sulfide) groups is 1. The monoisotopic (exact) mass is 239 g/mol. The van der Waals surface area contributed by atoms with Gasteiger partial charge in [-0.25, -0.2) is 0 Å². The van der Waals surface area contributed by atoms with Crippen LogP contribution in [0.25, 0.3) is 0 Å². The molecule has 0 aromatic rings. The maximum absolute atomic E-state index is 11.6. The summed E-state index contributed by atoms with van der Waals surface area (Å²) in [7, 11) is 0. The Kier molecular flexibility index (Phi) is 4.37. The molecule has 1 aliphatic rings. The van der Waals surface area contributed by atoms with E-state index in [0.29, 0.717) is 17.2 Å². The molecule has 0 aromatic heterocycles. The number of nitrogens with one attached hydrogen (secondary N) is 1. The summed E-state index contributed by atoms with van der Waals surface area (Å²) in [5.74, 6) is -0.852. The lowest BCUT2D eigenvalue weighted by atomic mass is 10.1. The highest BCUT2D eigenvalue weighted by atomic mass is 32.2. The zero-order chi connectivity index (χ0) is 12.1. The third-order valence-electron chi connectivity index (χ3n) is 1.88. The van der Waals surface area contributed by atoms with E-state index in [1.165, 1.54) is 11.8 Å². The number of allylic oxidation sites excluding steroid dienone is 2. The number of hydrogen-bond donors (Lipinski definition) is 2. The van der Waals surface area contributed by atoms with Crippen LogP contribution >= 0.6 is 11.8 Å². The highest BCUT2D eigenvalue weighted by Gasteiger charge is 2.28. The van der Waals surface area contributed by atoms with Gasteiger partial charge < -0.3 is 10.4 Å². The topological polar surface area (TPSA) is 66.4 Å². The molecule has 5 heteroatoms. The van der Waals surface area contributed by atoms with Gasteiger partial charge in [0.1, 0.15) is 5.70 Å². The van der Waals surface area contributed by atoms with Crippen LogP contribution in [-0.2, 0) is 9.59 Å². The molecule has 1 aliphatic carbocycles. The van der Waals surface area contributed by atoms with Crippen LogP contribution in [0.15, 0.2) is 35.1 Å². The van der Waals surface area contributed by atoms with Gasteiger partial charge in [0.05, 0.1) is 4.91 Å². The molecular weight excluding hydrogens is 226 g/mol. The molecule has 4 nitrogen and oxygen atoms in total. The van der Waals surface area contributed by atoms with E-state index in [0.717, 1.165) is 6.08 Å². The Balaban J connectivity index is 3.05. The fraction of sp³-hybridized carbons (Fsp3) is 0.273. The van der Waals surface area contributed by atoms with Crippen molar-refractivity contribution in [2.24, 2.45) is 0 Å². The Hall–Kier alpha value is -1.49. The van der Waals surface area contributed by atoms with Crippen LogP contribution in [0.5, 0.6) is 0 Å². The lowest BCUT2D eigenvalue weighted by Gasteiger charge is -2.16. The maximum atomic E-state index is 11.6. The Morgan fingerprint density at radius 1 is 1.56 bits per heavy atom. The summed E-state index contributed by atoms with van der Waals surface area (Å²) in [6.45, 7) is 5.88. The van der Waals surface area contributed by atoms with Crippen molar-refractivity contribution in [1.29, 1.82) is 0 Å². The fourth-order valence-corrected chi connectivity index (χ4v) is 2.03. The second-order valence-electron chi connectivity index (χ2n) is 3.06. The smallest absolute Gasteiger partial charge is 0.244 e. The van der Waals surface area contributed by atoms with Crippen molar-refractivity contribution in [2.45, 2.75) is 6.92 Å². The van der Waals surface area contributed by atoms with Gasteiger partial charge in [-0.1, -0.05) is 6.08 Å². The van der Waals surface area contributed by atoms with Crippen LogP contribution in [0.2, 0.25) is 0 Å². The minimum Gasteiger partial charge on any atom is -0.504 e. The third-order valence-corrected chi connectivity index (χ3v) is 2.97. The quantitative estimate of drug-likeness (QED) is 0.559. The van der Waals surface area contributed by atoms with Gasteiger partial charge in [0.15, 0.2) is 11.5 Å². The number of hydrogen-bond acceptors (Lipinski definition) is 5. The van der Waals surface area contributed by atoms with E-state index in [9.17, 15) is 14.7 Å². The van der Waals surface area contributed by atoms with Gasteiger partial charge in [0.2, 0.25) is 5.78 Å². The van der Waals surface area contributed by atoms with E-state index < -0.39 is 11.5 Å². The number of carbonyl (C=O) groups is 2. The van der Waals surface area contributed by atoms with Crippen molar-refractivity contribution < 1.29 is 14.7 Å². The van der Waals surface area contributed by atoms with Gasteiger partial charge in [-0.05, 0) is 6.92 Å². The predicted molar refractivity (Wildman–Crippen MR) is 64.1 cm³/mol. The Labute approximate surface area is 98.1 Å². The van der Waals surface area contributed by atoms with Crippen molar-refractivity contribution >= 4 is 23.3 Å². The van der Waals surface area contributed by atoms with E-state index in [1.54, 1.807) is 6.08 Å². The van der Waals surface area contributed by atoms with Crippen LogP contribution < -0.4 is 5.32 Å². The van der Waals surface area contributed by atoms with Gasteiger partial charge in [-0.3, -0.25) is 9.59 Å². The van der Waals surface area contributed by atoms with Crippen molar-refractivity contribution in [3.8, 4) is 0 Å². The summed E-state index contributed by atoms with van der Waals surface area (Å²) in [5.41, 5.74) is 0.180. The van der Waals surface area contributed by atoms with Gasteiger partial charge in [0, 0.05) is 18.4 Å². The summed E-state index contributed by atoms with van der Waals surface area (Å²) in [6.07, 6.45) is 2.60. The lowest BCUT2D eigenvalue weighted by Crippen LogP contribution is -2.28. The van der Waals surface area contributed by atoms with E-state index in [4.69, 9.17) is 0 Å². The number of ketones is 2. The van der Waals surface area contributed by atoms with Gasteiger partial charge in [0.25, 0.3) is 0 Å². The second-order valence-corrected chi connectivity index (χ2v) is 4.09. The number of rotatable bonds is 5. The molecule has 2 N–H and O–H groups in total. The zero-order valence-corrected chi connectivity index (χ0v) is 9.76. The molecule has 86 valence electrons.